The molecular formula is C12H17F2N3. The Balaban J connectivity index is 2.18. The number of benzene rings is 1. The monoisotopic (exact) mass is 241 g/mol. The Hall–Kier alpha value is -1.36. The van der Waals surface area contributed by atoms with Gasteiger partial charge in [-0.2, -0.15) is 0 Å². The van der Waals surface area contributed by atoms with E-state index in [0.717, 1.165) is 19.6 Å². The lowest BCUT2D eigenvalue weighted by molar-refractivity contribution is 0.269. The number of anilines is 2. The van der Waals surface area contributed by atoms with Crippen LogP contribution in [0.3, 0.4) is 0 Å². The first-order valence-electron chi connectivity index (χ1n) is 5.83. The average molecular weight is 241 g/mol. The van der Waals surface area contributed by atoms with Crippen molar-refractivity contribution in [1.82, 2.24) is 4.90 Å². The van der Waals surface area contributed by atoms with E-state index in [0.29, 0.717) is 13.1 Å². The van der Waals surface area contributed by atoms with Crippen LogP contribution >= 0.6 is 0 Å². The number of hydrogen-bond acceptors (Lipinski definition) is 3. The smallest absolute Gasteiger partial charge is 0.151 e. The van der Waals surface area contributed by atoms with Gasteiger partial charge in [0.15, 0.2) is 11.6 Å². The predicted octanol–water partition coefficient (Wildman–Crippen LogP) is 1.69. The summed E-state index contributed by atoms with van der Waals surface area (Å²) < 4.78 is 27.4. The SMILES string of the molecule is CCN1CCN(c2c(F)cc(N)cc2F)CC1. The summed E-state index contributed by atoms with van der Waals surface area (Å²) in [5.74, 6) is -1.15. The maximum Gasteiger partial charge on any atom is 0.151 e. The zero-order valence-electron chi connectivity index (χ0n) is 9.92. The van der Waals surface area contributed by atoms with Crippen molar-refractivity contribution in [2.24, 2.45) is 0 Å². The normalized spacial score (nSPS) is 17.5. The maximum absolute atomic E-state index is 13.7. The second kappa shape index (κ2) is 4.87. The molecule has 2 N–H and O–H groups in total. The third-order valence-corrected chi connectivity index (χ3v) is 3.17. The van der Waals surface area contributed by atoms with Crippen LogP contribution in [0.15, 0.2) is 12.1 Å². The van der Waals surface area contributed by atoms with E-state index >= 15 is 0 Å². The van der Waals surface area contributed by atoms with Gasteiger partial charge in [-0.05, 0) is 18.7 Å². The van der Waals surface area contributed by atoms with Crippen molar-refractivity contribution in [3.05, 3.63) is 23.8 Å². The molecule has 1 saturated heterocycles. The van der Waals surface area contributed by atoms with E-state index in [4.69, 9.17) is 5.73 Å². The van der Waals surface area contributed by atoms with Gasteiger partial charge < -0.3 is 15.5 Å². The van der Waals surface area contributed by atoms with Crippen LogP contribution in [0.4, 0.5) is 20.2 Å². The minimum atomic E-state index is -0.576. The van der Waals surface area contributed by atoms with Gasteiger partial charge >= 0.3 is 0 Å². The molecule has 3 nitrogen and oxygen atoms in total. The number of hydrogen-bond donors (Lipinski definition) is 1. The Kier molecular flexibility index (Phi) is 3.47. The van der Waals surface area contributed by atoms with Crippen LogP contribution < -0.4 is 10.6 Å². The standard InChI is InChI=1S/C12H17F2N3/c1-2-16-3-5-17(6-4-16)12-10(13)7-9(15)8-11(12)14/h7-8H,2-6,15H2,1H3. The van der Waals surface area contributed by atoms with Gasteiger partial charge in [-0.3, -0.25) is 0 Å². The summed E-state index contributed by atoms with van der Waals surface area (Å²) in [6.07, 6.45) is 0. The molecule has 0 aliphatic carbocycles. The van der Waals surface area contributed by atoms with E-state index in [9.17, 15) is 8.78 Å². The Labute approximate surface area is 99.8 Å². The van der Waals surface area contributed by atoms with Crippen LogP contribution in [0.25, 0.3) is 0 Å². The van der Waals surface area contributed by atoms with E-state index in [-0.39, 0.29) is 11.4 Å². The molecule has 1 aliphatic rings. The van der Waals surface area contributed by atoms with Crippen molar-refractivity contribution in [3.63, 3.8) is 0 Å². The van der Waals surface area contributed by atoms with E-state index in [1.165, 1.54) is 12.1 Å². The summed E-state index contributed by atoms with van der Waals surface area (Å²) in [7, 11) is 0. The lowest BCUT2D eigenvalue weighted by Gasteiger charge is -2.35. The van der Waals surface area contributed by atoms with Gasteiger partial charge in [0.25, 0.3) is 0 Å². The first kappa shape index (κ1) is 12.1. The fourth-order valence-corrected chi connectivity index (χ4v) is 2.17. The molecule has 0 saturated carbocycles. The fourth-order valence-electron chi connectivity index (χ4n) is 2.17. The van der Waals surface area contributed by atoms with E-state index in [1.54, 1.807) is 4.90 Å². The zero-order chi connectivity index (χ0) is 12.4. The number of rotatable bonds is 2. The van der Waals surface area contributed by atoms with E-state index < -0.39 is 11.6 Å². The highest BCUT2D eigenvalue weighted by Crippen LogP contribution is 2.26. The molecule has 1 aromatic rings. The summed E-state index contributed by atoms with van der Waals surface area (Å²) in [5.41, 5.74) is 5.57. The summed E-state index contributed by atoms with van der Waals surface area (Å²) >= 11 is 0. The molecular weight excluding hydrogens is 224 g/mol. The Morgan fingerprint density at radius 2 is 1.65 bits per heavy atom. The topological polar surface area (TPSA) is 32.5 Å². The van der Waals surface area contributed by atoms with Gasteiger partial charge in [0, 0.05) is 31.9 Å². The quantitative estimate of drug-likeness (QED) is 0.800. The molecule has 1 aromatic carbocycles. The number of halogens is 2. The van der Waals surface area contributed by atoms with Crippen molar-refractivity contribution >= 4 is 11.4 Å². The van der Waals surface area contributed by atoms with Crippen molar-refractivity contribution in [2.75, 3.05) is 43.4 Å². The van der Waals surface area contributed by atoms with Gasteiger partial charge in [-0.1, -0.05) is 6.92 Å². The zero-order valence-corrected chi connectivity index (χ0v) is 9.92. The van der Waals surface area contributed by atoms with Crippen molar-refractivity contribution in [3.8, 4) is 0 Å². The minimum absolute atomic E-state index is 0.0509. The molecule has 0 spiro atoms. The van der Waals surface area contributed by atoms with Crippen LogP contribution in [0, 0.1) is 11.6 Å². The van der Waals surface area contributed by atoms with Crippen molar-refractivity contribution in [1.29, 1.82) is 0 Å². The first-order chi connectivity index (χ1) is 8.11. The molecule has 0 aromatic heterocycles. The third-order valence-electron chi connectivity index (χ3n) is 3.17. The molecule has 0 atom stereocenters. The number of piperazine rings is 1. The van der Waals surface area contributed by atoms with Gasteiger partial charge in [0.05, 0.1) is 0 Å². The number of nitrogens with zero attached hydrogens (tertiary/aromatic N) is 2. The predicted molar refractivity (Wildman–Crippen MR) is 65.1 cm³/mol. The molecule has 0 radical (unpaired) electrons. The van der Waals surface area contributed by atoms with Crippen LogP contribution in [-0.2, 0) is 0 Å². The Morgan fingerprint density at radius 1 is 1.12 bits per heavy atom. The average Bonchev–Trinajstić information content (AvgIpc) is 2.28. The molecule has 2 rings (SSSR count). The number of likely N-dealkylation sites (N-methyl/N-ethyl adjacent to an activating group) is 1. The summed E-state index contributed by atoms with van der Waals surface area (Å²) in [5, 5.41) is 0. The molecule has 0 amide bonds. The largest absolute Gasteiger partial charge is 0.399 e. The van der Waals surface area contributed by atoms with Gasteiger partial charge in [-0.25, -0.2) is 8.78 Å². The van der Waals surface area contributed by atoms with Gasteiger partial charge in [-0.15, -0.1) is 0 Å². The molecule has 1 fully saturated rings. The first-order valence-corrected chi connectivity index (χ1v) is 5.83. The van der Waals surface area contributed by atoms with E-state index in [2.05, 4.69) is 11.8 Å². The van der Waals surface area contributed by atoms with Gasteiger partial charge in [0.2, 0.25) is 0 Å². The summed E-state index contributed by atoms with van der Waals surface area (Å²) in [4.78, 5) is 4.00. The van der Waals surface area contributed by atoms with Crippen molar-refractivity contribution in [2.45, 2.75) is 6.92 Å². The second-order valence-corrected chi connectivity index (χ2v) is 4.25. The molecule has 1 aliphatic heterocycles. The third kappa shape index (κ3) is 2.49. The minimum Gasteiger partial charge on any atom is -0.399 e. The molecule has 1 heterocycles. The van der Waals surface area contributed by atoms with Crippen LogP contribution in [-0.4, -0.2) is 37.6 Å². The van der Waals surface area contributed by atoms with Crippen molar-refractivity contribution < 1.29 is 8.78 Å². The molecule has 17 heavy (non-hydrogen) atoms. The maximum atomic E-state index is 13.7. The number of nitrogen functional groups attached to an aromatic ring is 1. The highest BCUT2D eigenvalue weighted by atomic mass is 19.1. The summed E-state index contributed by atoms with van der Waals surface area (Å²) in [6, 6.07) is 2.34. The highest BCUT2D eigenvalue weighted by molar-refractivity contribution is 5.56. The van der Waals surface area contributed by atoms with Crippen LogP contribution in [0.2, 0.25) is 0 Å². The lowest BCUT2D eigenvalue weighted by Crippen LogP contribution is -2.46. The number of nitrogens with two attached hydrogens (primary N) is 1. The summed E-state index contributed by atoms with van der Waals surface area (Å²) in [6.45, 7) is 6.01. The van der Waals surface area contributed by atoms with Gasteiger partial charge in [0.1, 0.15) is 5.69 Å². The molecule has 5 heteroatoms. The molecule has 94 valence electrons. The van der Waals surface area contributed by atoms with Crippen LogP contribution in [0.1, 0.15) is 6.92 Å². The molecule has 0 bridgehead atoms. The highest BCUT2D eigenvalue weighted by Gasteiger charge is 2.21. The van der Waals surface area contributed by atoms with Crippen LogP contribution in [0.5, 0.6) is 0 Å². The molecule has 0 unspecified atom stereocenters. The Morgan fingerprint density at radius 3 is 2.12 bits per heavy atom. The Bertz CT molecular complexity index is 378. The fraction of sp³-hybridized carbons (Fsp3) is 0.500. The lowest BCUT2D eigenvalue weighted by atomic mass is 10.2. The second-order valence-electron chi connectivity index (χ2n) is 4.25. The van der Waals surface area contributed by atoms with E-state index in [1.807, 2.05) is 0 Å².